The largest absolute Gasteiger partial charge is 0.388 e. The maximum Gasteiger partial charge on any atom is 0.388 e. The zero-order valence-electron chi connectivity index (χ0n) is 11.1. The predicted molar refractivity (Wildman–Crippen MR) is 70.7 cm³/mol. The van der Waals surface area contributed by atoms with Gasteiger partial charge >= 0.3 is 18.5 Å². The van der Waals surface area contributed by atoms with E-state index in [9.17, 15) is 39.5 Å². The second kappa shape index (κ2) is 8.60. The van der Waals surface area contributed by atoms with Crippen molar-refractivity contribution in [2.75, 3.05) is 0 Å². The van der Waals surface area contributed by atoms with Crippen LogP contribution in [0.4, 0.5) is 39.5 Å². The Labute approximate surface area is 122 Å². The van der Waals surface area contributed by atoms with Crippen molar-refractivity contribution in [3.8, 4) is 0 Å². The molecule has 0 N–H and O–H groups in total. The number of rotatable bonds is 8. The molecule has 0 aromatic heterocycles. The summed E-state index contributed by atoms with van der Waals surface area (Å²) in [4.78, 5) is 0. The SMILES string of the molecule is FC(F)(F)CC[SiH2][SiH](CCC(F)(F)F)[SiH2]CCC(F)(F)F. The van der Waals surface area contributed by atoms with Crippen LogP contribution in [0.25, 0.3) is 0 Å². The molecule has 0 aliphatic heterocycles. The zero-order valence-corrected chi connectivity index (χ0v) is 15.1. The summed E-state index contributed by atoms with van der Waals surface area (Å²) in [5, 5.41) is 0. The first kappa shape index (κ1) is 21.0. The molecule has 0 aromatic carbocycles. The van der Waals surface area contributed by atoms with Crippen LogP contribution in [-0.4, -0.2) is 44.4 Å². The molecule has 0 fully saturated rings. The Kier molecular flexibility index (Phi) is 8.61. The van der Waals surface area contributed by atoms with Crippen molar-refractivity contribution in [3.05, 3.63) is 0 Å². The third-order valence-electron chi connectivity index (χ3n) is 2.98. The third kappa shape index (κ3) is 16.2. The van der Waals surface area contributed by atoms with Gasteiger partial charge < -0.3 is 0 Å². The lowest BCUT2D eigenvalue weighted by Gasteiger charge is -2.16. The van der Waals surface area contributed by atoms with Crippen LogP contribution >= 0.6 is 0 Å². The molecule has 0 unspecified atom stereocenters. The first-order chi connectivity index (χ1) is 9.29. The van der Waals surface area contributed by atoms with E-state index in [1.807, 2.05) is 0 Å². The Morgan fingerprint density at radius 2 is 0.905 bits per heavy atom. The van der Waals surface area contributed by atoms with E-state index in [-0.39, 0.29) is 18.1 Å². The Bertz CT molecular complexity index is 264. The van der Waals surface area contributed by atoms with Crippen molar-refractivity contribution in [3.63, 3.8) is 0 Å². The smallest absolute Gasteiger partial charge is 0.171 e. The van der Waals surface area contributed by atoms with E-state index >= 15 is 0 Å². The van der Waals surface area contributed by atoms with Gasteiger partial charge in [-0.05, 0) is 0 Å². The molecule has 0 amide bonds. The molecule has 0 radical (unpaired) electrons. The standard InChI is InChI=1S/C9H17F9Si3/c10-7(11,12)1-4-19-21(6-3-9(16,17)18)20-5-2-8(13,14)15/h21H,1-6,19-20H2. The number of hydrogen-bond donors (Lipinski definition) is 0. The van der Waals surface area contributed by atoms with Gasteiger partial charge in [0.2, 0.25) is 0 Å². The molecule has 0 saturated heterocycles. The van der Waals surface area contributed by atoms with Gasteiger partial charge in [-0.3, -0.25) is 0 Å². The summed E-state index contributed by atoms with van der Waals surface area (Å²) >= 11 is 0. The molecule has 0 nitrogen and oxygen atoms in total. The molecule has 0 bridgehead atoms. The highest BCUT2D eigenvalue weighted by molar-refractivity contribution is 7.39. The van der Waals surface area contributed by atoms with Crippen LogP contribution in [0.15, 0.2) is 0 Å². The van der Waals surface area contributed by atoms with Gasteiger partial charge in [0.05, 0.1) is 0 Å². The van der Waals surface area contributed by atoms with E-state index in [1.54, 1.807) is 0 Å². The van der Waals surface area contributed by atoms with Gasteiger partial charge in [-0.15, -0.1) is 0 Å². The minimum atomic E-state index is -4.37. The van der Waals surface area contributed by atoms with E-state index in [0.29, 0.717) is 0 Å². The minimum absolute atomic E-state index is 0.128. The summed E-state index contributed by atoms with van der Waals surface area (Å²) in [6.45, 7) is 0. The molecule has 0 spiro atoms. The van der Waals surface area contributed by atoms with Gasteiger partial charge in [0, 0.05) is 45.2 Å². The second-order valence-corrected chi connectivity index (χ2v) is 23.8. The summed E-state index contributed by atoms with van der Waals surface area (Å²) in [5.74, 6) is 0. The zero-order chi connectivity index (χ0) is 16.7. The van der Waals surface area contributed by atoms with Crippen LogP contribution in [0.1, 0.15) is 19.3 Å². The molecule has 128 valence electrons. The van der Waals surface area contributed by atoms with Gasteiger partial charge in [0.1, 0.15) is 0 Å². The fourth-order valence-electron chi connectivity index (χ4n) is 1.98. The molecule has 12 heteroatoms. The van der Waals surface area contributed by atoms with Gasteiger partial charge in [0.15, 0.2) is 0 Å². The Morgan fingerprint density at radius 1 is 0.571 bits per heavy atom. The van der Waals surface area contributed by atoms with Crippen LogP contribution in [0.5, 0.6) is 0 Å². The maximum absolute atomic E-state index is 12.1. The molecule has 0 aromatic rings. The summed E-state index contributed by atoms with van der Waals surface area (Å²) in [6.07, 6.45) is -16.1. The van der Waals surface area contributed by atoms with Crippen LogP contribution in [0.3, 0.4) is 0 Å². The van der Waals surface area contributed by atoms with Gasteiger partial charge in [0.25, 0.3) is 0 Å². The monoisotopic (exact) mass is 380 g/mol. The van der Waals surface area contributed by atoms with Crippen LogP contribution in [0, 0.1) is 0 Å². The normalized spacial score (nSPS) is 16.4. The molecule has 0 rings (SSSR count). The quantitative estimate of drug-likeness (QED) is 0.448. The van der Waals surface area contributed by atoms with Gasteiger partial charge in [-0.25, -0.2) is 0 Å². The van der Waals surface area contributed by atoms with Crippen LogP contribution < -0.4 is 0 Å². The summed E-state index contributed by atoms with van der Waals surface area (Å²) < 4.78 is 108. The number of halogens is 9. The molecular formula is C9H17F9Si3. The third-order valence-corrected chi connectivity index (χ3v) is 24.4. The molecule has 0 aliphatic rings. The van der Waals surface area contributed by atoms with Crippen molar-refractivity contribution in [1.82, 2.24) is 0 Å². The molecule has 0 saturated carbocycles. The molecule has 21 heavy (non-hydrogen) atoms. The highest BCUT2D eigenvalue weighted by Gasteiger charge is 2.31. The highest BCUT2D eigenvalue weighted by atomic mass is 29.6. The summed E-state index contributed by atoms with van der Waals surface area (Å²) in [6, 6.07) is -0.424. The molecular weight excluding hydrogens is 363 g/mol. The van der Waals surface area contributed by atoms with E-state index in [4.69, 9.17) is 0 Å². The van der Waals surface area contributed by atoms with Crippen molar-refractivity contribution in [1.29, 1.82) is 0 Å². The van der Waals surface area contributed by atoms with E-state index < -0.39 is 63.7 Å². The lowest BCUT2D eigenvalue weighted by atomic mass is 10.5. The first-order valence-corrected chi connectivity index (χ1v) is 15.8. The molecule has 0 atom stereocenters. The summed E-state index contributed by atoms with van der Waals surface area (Å²) in [5.41, 5.74) is 0. The highest BCUT2D eigenvalue weighted by Crippen LogP contribution is 2.26. The van der Waals surface area contributed by atoms with Gasteiger partial charge in [-0.1, -0.05) is 18.1 Å². The molecule has 0 heterocycles. The lowest BCUT2D eigenvalue weighted by Crippen LogP contribution is -2.33. The van der Waals surface area contributed by atoms with E-state index in [0.717, 1.165) is 0 Å². The maximum atomic E-state index is 12.1. The Morgan fingerprint density at radius 3 is 1.19 bits per heavy atom. The van der Waals surface area contributed by atoms with Crippen molar-refractivity contribution in [2.24, 2.45) is 0 Å². The first-order valence-electron chi connectivity index (χ1n) is 6.49. The minimum Gasteiger partial charge on any atom is -0.171 e. The van der Waals surface area contributed by atoms with Crippen LogP contribution in [-0.2, 0) is 0 Å². The predicted octanol–water partition coefficient (Wildman–Crippen LogP) is 3.24. The van der Waals surface area contributed by atoms with Crippen molar-refractivity contribution < 1.29 is 39.5 Å². The van der Waals surface area contributed by atoms with Crippen LogP contribution in [0.2, 0.25) is 18.1 Å². The van der Waals surface area contributed by atoms with E-state index in [1.165, 1.54) is 0 Å². The second-order valence-electron chi connectivity index (χ2n) is 5.03. The average molecular weight is 380 g/mol. The fraction of sp³-hybridized carbons (Fsp3) is 1.00. The topological polar surface area (TPSA) is 0 Å². The fourth-order valence-corrected chi connectivity index (χ4v) is 22.3. The van der Waals surface area contributed by atoms with Crippen molar-refractivity contribution in [2.45, 2.75) is 55.9 Å². The lowest BCUT2D eigenvalue weighted by molar-refractivity contribution is -0.131. The van der Waals surface area contributed by atoms with Gasteiger partial charge in [-0.2, -0.15) is 39.5 Å². The summed E-state index contributed by atoms with van der Waals surface area (Å²) in [7, 11) is -4.50. The van der Waals surface area contributed by atoms with E-state index in [2.05, 4.69) is 0 Å². The van der Waals surface area contributed by atoms with Crippen molar-refractivity contribution >= 4 is 25.9 Å². The molecule has 0 aliphatic carbocycles. The number of hydrogen-bond acceptors (Lipinski definition) is 0. The Balaban J connectivity index is 4.21. The number of alkyl halides is 9. The Hall–Kier alpha value is 0.0206. The average Bonchev–Trinajstić information content (AvgIpc) is 2.20.